The molecule has 2 rings (SSSR count). The molecule has 92 valence electrons. The van der Waals surface area contributed by atoms with Gasteiger partial charge in [0.25, 0.3) is 0 Å². The van der Waals surface area contributed by atoms with Gasteiger partial charge in [-0.3, -0.25) is 4.79 Å². The Kier molecular flexibility index (Phi) is 4.43. The zero-order chi connectivity index (χ0) is 12.4. The SMILES string of the molecule is CC1CNCC1C(=O)Nc1ccc(Br)c(I)c1. The third kappa shape index (κ3) is 3.20. The van der Waals surface area contributed by atoms with Gasteiger partial charge in [0.2, 0.25) is 5.91 Å². The van der Waals surface area contributed by atoms with Gasteiger partial charge in [-0.25, -0.2) is 0 Å². The van der Waals surface area contributed by atoms with Gasteiger partial charge < -0.3 is 10.6 Å². The van der Waals surface area contributed by atoms with E-state index in [-0.39, 0.29) is 11.8 Å². The minimum Gasteiger partial charge on any atom is -0.326 e. The first-order valence-corrected chi connectivity index (χ1v) is 7.41. The van der Waals surface area contributed by atoms with E-state index < -0.39 is 0 Å². The second-order valence-electron chi connectivity index (χ2n) is 4.36. The van der Waals surface area contributed by atoms with Crippen LogP contribution in [0, 0.1) is 15.4 Å². The molecule has 1 heterocycles. The van der Waals surface area contributed by atoms with Gasteiger partial charge in [0, 0.05) is 20.3 Å². The molecule has 2 atom stereocenters. The predicted molar refractivity (Wildman–Crippen MR) is 81.0 cm³/mol. The Morgan fingerprint density at radius 1 is 1.53 bits per heavy atom. The van der Waals surface area contributed by atoms with E-state index in [0.717, 1.165) is 26.8 Å². The smallest absolute Gasteiger partial charge is 0.229 e. The zero-order valence-corrected chi connectivity index (χ0v) is 13.2. The summed E-state index contributed by atoms with van der Waals surface area (Å²) in [5.41, 5.74) is 0.863. The van der Waals surface area contributed by atoms with Crippen LogP contribution in [0.5, 0.6) is 0 Å². The molecule has 2 unspecified atom stereocenters. The van der Waals surface area contributed by atoms with E-state index in [1.54, 1.807) is 0 Å². The van der Waals surface area contributed by atoms with E-state index in [2.05, 4.69) is 56.1 Å². The highest BCUT2D eigenvalue weighted by Gasteiger charge is 2.29. The van der Waals surface area contributed by atoms with Crippen LogP contribution in [0.2, 0.25) is 0 Å². The molecule has 1 aliphatic rings. The van der Waals surface area contributed by atoms with Crippen molar-refractivity contribution in [3.63, 3.8) is 0 Å². The van der Waals surface area contributed by atoms with Crippen molar-refractivity contribution in [2.24, 2.45) is 11.8 Å². The standard InChI is InChI=1S/C12H14BrIN2O/c1-7-5-15-6-9(7)12(17)16-8-2-3-10(13)11(14)4-8/h2-4,7,9,15H,5-6H2,1H3,(H,16,17). The molecule has 0 spiro atoms. The number of anilines is 1. The first-order valence-electron chi connectivity index (χ1n) is 5.54. The lowest BCUT2D eigenvalue weighted by Gasteiger charge is -2.14. The molecule has 1 saturated heterocycles. The van der Waals surface area contributed by atoms with Crippen molar-refractivity contribution < 1.29 is 4.79 Å². The van der Waals surface area contributed by atoms with E-state index in [4.69, 9.17) is 0 Å². The fourth-order valence-electron chi connectivity index (χ4n) is 1.97. The van der Waals surface area contributed by atoms with Crippen molar-refractivity contribution >= 4 is 50.1 Å². The Labute approximate surface area is 123 Å². The van der Waals surface area contributed by atoms with Crippen LogP contribution in [-0.4, -0.2) is 19.0 Å². The minimum absolute atomic E-state index is 0.0799. The molecule has 0 radical (unpaired) electrons. The molecule has 1 aromatic rings. The van der Waals surface area contributed by atoms with Crippen molar-refractivity contribution in [3.05, 3.63) is 26.2 Å². The summed E-state index contributed by atoms with van der Waals surface area (Å²) >= 11 is 5.68. The van der Waals surface area contributed by atoms with Crippen LogP contribution in [0.4, 0.5) is 5.69 Å². The van der Waals surface area contributed by atoms with Crippen molar-refractivity contribution in [3.8, 4) is 0 Å². The number of nitrogens with one attached hydrogen (secondary N) is 2. The fourth-order valence-corrected chi connectivity index (χ4v) is 2.73. The number of carbonyl (C=O) groups is 1. The molecule has 1 aliphatic heterocycles. The van der Waals surface area contributed by atoms with Crippen LogP contribution in [0.25, 0.3) is 0 Å². The maximum atomic E-state index is 12.1. The summed E-state index contributed by atoms with van der Waals surface area (Å²) in [4.78, 5) is 12.1. The summed E-state index contributed by atoms with van der Waals surface area (Å²) in [6.45, 7) is 3.81. The molecule has 0 saturated carbocycles. The number of benzene rings is 1. The van der Waals surface area contributed by atoms with Gasteiger partial charge in [0.05, 0.1) is 5.92 Å². The topological polar surface area (TPSA) is 41.1 Å². The number of hydrogen-bond acceptors (Lipinski definition) is 2. The predicted octanol–water partition coefficient (Wildman–Crippen LogP) is 2.85. The summed E-state index contributed by atoms with van der Waals surface area (Å²) in [7, 11) is 0. The molecular weight excluding hydrogens is 395 g/mol. The quantitative estimate of drug-likeness (QED) is 0.739. The molecule has 0 aromatic heterocycles. The van der Waals surface area contributed by atoms with Crippen LogP contribution >= 0.6 is 38.5 Å². The summed E-state index contributed by atoms with van der Waals surface area (Å²) < 4.78 is 2.14. The normalized spacial score (nSPS) is 23.7. The Morgan fingerprint density at radius 3 is 2.88 bits per heavy atom. The van der Waals surface area contributed by atoms with Crippen LogP contribution < -0.4 is 10.6 Å². The number of amides is 1. The molecule has 5 heteroatoms. The average molecular weight is 409 g/mol. The van der Waals surface area contributed by atoms with Crippen LogP contribution in [0.1, 0.15) is 6.92 Å². The fraction of sp³-hybridized carbons (Fsp3) is 0.417. The van der Waals surface area contributed by atoms with Crippen molar-refractivity contribution in [2.75, 3.05) is 18.4 Å². The maximum Gasteiger partial charge on any atom is 0.229 e. The minimum atomic E-state index is 0.0799. The van der Waals surface area contributed by atoms with E-state index in [1.807, 2.05) is 18.2 Å². The number of halogens is 2. The lowest BCUT2D eigenvalue weighted by atomic mass is 9.97. The van der Waals surface area contributed by atoms with E-state index in [0.29, 0.717) is 5.92 Å². The van der Waals surface area contributed by atoms with Gasteiger partial charge >= 0.3 is 0 Å². The molecular formula is C12H14BrIN2O. The molecule has 1 fully saturated rings. The zero-order valence-electron chi connectivity index (χ0n) is 9.47. The highest BCUT2D eigenvalue weighted by atomic mass is 127. The van der Waals surface area contributed by atoms with Crippen LogP contribution in [0.15, 0.2) is 22.7 Å². The second-order valence-corrected chi connectivity index (χ2v) is 6.38. The van der Waals surface area contributed by atoms with Gasteiger partial charge in [-0.2, -0.15) is 0 Å². The van der Waals surface area contributed by atoms with Gasteiger partial charge in [-0.05, 0) is 69.2 Å². The van der Waals surface area contributed by atoms with Gasteiger partial charge in [0.1, 0.15) is 0 Å². The Hall–Kier alpha value is -0.140. The van der Waals surface area contributed by atoms with E-state index in [9.17, 15) is 4.79 Å². The number of hydrogen-bond donors (Lipinski definition) is 2. The van der Waals surface area contributed by atoms with Crippen LogP contribution in [-0.2, 0) is 4.79 Å². The first-order chi connectivity index (χ1) is 8.08. The monoisotopic (exact) mass is 408 g/mol. The van der Waals surface area contributed by atoms with Gasteiger partial charge in [0.15, 0.2) is 0 Å². The molecule has 1 amide bonds. The number of carbonyl (C=O) groups excluding carboxylic acids is 1. The summed E-state index contributed by atoms with van der Waals surface area (Å²) in [5.74, 6) is 0.599. The van der Waals surface area contributed by atoms with Crippen molar-refractivity contribution in [1.82, 2.24) is 5.32 Å². The third-order valence-corrected chi connectivity index (χ3v) is 5.37. The lowest BCUT2D eigenvalue weighted by Crippen LogP contribution is -2.27. The van der Waals surface area contributed by atoms with E-state index >= 15 is 0 Å². The van der Waals surface area contributed by atoms with Crippen molar-refractivity contribution in [2.45, 2.75) is 6.92 Å². The highest BCUT2D eigenvalue weighted by Crippen LogP contribution is 2.24. The molecule has 17 heavy (non-hydrogen) atoms. The molecule has 0 bridgehead atoms. The molecule has 3 nitrogen and oxygen atoms in total. The molecule has 2 N–H and O–H groups in total. The molecule has 0 aliphatic carbocycles. The van der Waals surface area contributed by atoms with E-state index in [1.165, 1.54) is 0 Å². The summed E-state index contributed by atoms with van der Waals surface area (Å²) in [6, 6.07) is 5.83. The first kappa shape index (κ1) is 13.3. The second kappa shape index (κ2) is 5.67. The third-order valence-electron chi connectivity index (χ3n) is 3.04. The largest absolute Gasteiger partial charge is 0.326 e. The van der Waals surface area contributed by atoms with Crippen molar-refractivity contribution in [1.29, 1.82) is 0 Å². The Morgan fingerprint density at radius 2 is 2.29 bits per heavy atom. The maximum absolute atomic E-state index is 12.1. The Bertz CT molecular complexity index is 439. The highest BCUT2D eigenvalue weighted by molar-refractivity contribution is 14.1. The van der Waals surface area contributed by atoms with Crippen LogP contribution in [0.3, 0.4) is 0 Å². The summed E-state index contributed by atoms with van der Waals surface area (Å²) in [5, 5.41) is 6.22. The Balaban J connectivity index is 2.05. The summed E-state index contributed by atoms with van der Waals surface area (Å²) in [6.07, 6.45) is 0. The average Bonchev–Trinajstić information content (AvgIpc) is 2.70. The van der Waals surface area contributed by atoms with Gasteiger partial charge in [-0.15, -0.1) is 0 Å². The number of rotatable bonds is 2. The lowest BCUT2D eigenvalue weighted by molar-refractivity contribution is -0.120. The van der Waals surface area contributed by atoms with Gasteiger partial charge in [-0.1, -0.05) is 6.92 Å². The molecule has 1 aromatic carbocycles.